The zero-order valence-corrected chi connectivity index (χ0v) is 20.4. The third kappa shape index (κ3) is 5.08. The summed E-state index contributed by atoms with van der Waals surface area (Å²) in [7, 11) is 3.80. The predicted molar refractivity (Wildman–Crippen MR) is 135 cm³/mol. The normalized spacial score (nSPS) is 17.1. The quantitative estimate of drug-likeness (QED) is 0.546. The van der Waals surface area contributed by atoms with Gasteiger partial charge < -0.3 is 29.8 Å². The molecular weight excluding hydrogens is 448 g/mol. The maximum absolute atomic E-state index is 9.46. The van der Waals surface area contributed by atoms with E-state index in [0.717, 1.165) is 71.9 Å². The van der Waals surface area contributed by atoms with Gasteiger partial charge in [0.1, 0.15) is 11.0 Å². The minimum Gasteiger partial charge on any atom is -0.395 e. The molecule has 32 heavy (non-hydrogen) atoms. The van der Waals surface area contributed by atoms with Crippen LogP contribution in [0.3, 0.4) is 0 Å². The lowest BCUT2D eigenvalue weighted by molar-refractivity contribution is 0.303. The van der Waals surface area contributed by atoms with E-state index in [-0.39, 0.29) is 13.2 Å². The van der Waals surface area contributed by atoms with E-state index < -0.39 is 0 Å². The Morgan fingerprint density at radius 1 is 0.688 bits per heavy atom. The second-order valence-electron chi connectivity index (χ2n) is 7.88. The van der Waals surface area contributed by atoms with Gasteiger partial charge >= 0.3 is 0 Å². The summed E-state index contributed by atoms with van der Waals surface area (Å²) in [6.45, 7) is 4.59. The lowest BCUT2D eigenvalue weighted by Crippen LogP contribution is -2.36. The number of anilines is 4. The van der Waals surface area contributed by atoms with Crippen LogP contribution in [0, 0.1) is 0 Å². The van der Waals surface area contributed by atoms with E-state index in [1.807, 2.05) is 47.4 Å². The van der Waals surface area contributed by atoms with Gasteiger partial charge in [0, 0.05) is 76.4 Å². The van der Waals surface area contributed by atoms with Crippen LogP contribution in [-0.4, -0.2) is 120 Å². The molecule has 2 fully saturated rings. The van der Waals surface area contributed by atoms with Crippen LogP contribution in [0.5, 0.6) is 0 Å². The van der Waals surface area contributed by atoms with E-state index in [2.05, 4.69) is 9.80 Å². The third-order valence-corrected chi connectivity index (χ3v) is 7.54. The lowest BCUT2D eigenvalue weighted by atomic mass is 10.3. The minimum absolute atomic E-state index is 0.0329. The van der Waals surface area contributed by atoms with Gasteiger partial charge in [-0.15, -0.1) is 0 Å². The topological polar surface area (TPSA) is 105 Å². The van der Waals surface area contributed by atoms with Crippen LogP contribution in [0.25, 0.3) is 11.0 Å². The molecule has 176 valence electrons. The number of aliphatic hydroxyl groups excluding tert-OH is 2. The summed E-state index contributed by atoms with van der Waals surface area (Å²) in [5, 5.41) is 18.9. The van der Waals surface area contributed by atoms with Crippen molar-refractivity contribution in [3.05, 3.63) is 0 Å². The van der Waals surface area contributed by atoms with Gasteiger partial charge in [0.05, 0.1) is 13.2 Å². The van der Waals surface area contributed by atoms with Gasteiger partial charge in [-0.2, -0.15) is 33.5 Å². The predicted octanol–water partition coefficient (Wildman–Crippen LogP) is 0.383. The number of nitrogens with zero attached hydrogens (tertiary/aromatic N) is 8. The number of fused-ring (bicyclic) bond motifs is 1. The number of aromatic nitrogens is 4. The SMILES string of the molecule is CN(CCO)c1nc(N2CCSCC2)c2nc(N(C)CCO)nc(N3CCSCC3)c2n1. The highest BCUT2D eigenvalue weighted by Crippen LogP contribution is 2.34. The molecule has 2 aliphatic heterocycles. The smallest absolute Gasteiger partial charge is 0.227 e. The summed E-state index contributed by atoms with van der Waals surface area (Å²) in [5.41, 5.74) is 1.50. The largest absolute Gasteiger partial charge is 0.395 e. The van der Waals surface area contributed by atoms with Crippen molar-refractivity contribution in [2.24, 2.45) is 0 Å². The highest BCUT2D eigenvalue weighted by Gasteiger charge is 2.26. The van der Waals surface area contributed by atoms with Gasteiger partial charge in [-0.3, -0.25) is 0 Å². The van der Waals surface area contributed by atoms with E-state index >= 15 is 0 Å². The molecule has 0 spiro atoms. The van der Waals surface area contributed by atoms with Crippen LogP contribution < -0.4 is 19.6 Å². The molecule has 0 amide bonds. The summed E-state index contributed by atoms with van der Waals surface area (Å²) >= 11 is 3.90. The molecule has 2 saturated heterocycles. The highest BCUT2D eigenvalue weighted by atomic mass is 32.2. The van der Waals surface area contributed by atoms with Crippen LogP contribution >= 0.6 is 23.5 Å². The number of hydrogen-bond acceptors (Lipinski definition) is 12. The maximum Gasteiger partial charge on any atom is 0.227 e. The Morgan fingerprint density at radius 3 is 1.41 bits per heavy atom. The molecule has 0 bridgehead atoms. The first-order valence-electron chi connectivity index (χ1n) is 11.0. The van der Waals surface area contributed by atoms with Crippen molar-refractivity contribution in [2.45, 2.75) is 0 Å². The van der Waals surface area contributed by atoms with Crippen LogP contribution in [0.1, 0.15) is 0 Å². The van der Waals surface area contributed by atoms with Crippen LogP contribution in [0.15, 0.2) is 0 Å². The first kappa shape index (κ1) is 23.4. The average molecular weight is 481 g/mol. The van der Waals surface area contributed by atoms with E-state index in [1.165, 1.54) is 0 Å². The first-order valence-corrected chi connectivity index (χ1v) is 13.3. The summed E-state index contributed by atoms with van der Waals surface area (Å²) < 4.78 is 0. The first-order chi connectivity index (χ1) is 15.6. The van der Waals surface area contributed by atoms with Crippen LogP contribution in [-0.2, 0) is 0 Å². The van der Waals surface area contributed by atoms with Crippen molar-refractivity contribution in [1.29, 1.82) is 0 Å². The zero-order chi connectivity index (χ0) is 22.5. The summed E-state index contributed by atoms with van der Waals surface area (Å²) in [5.74, 6) is 6.99. The number of thioether (sulfide) groups is 2. The van der Waals surface area contributed by atoms with E-state index in [9.17, 15) is 10.2 Å². The molecule has 2 aliphatic rings. The minimum atomic E-state index is 0.0329. The van der Waals surface area contributed by atoms with Gasteiger partial charge in [-0.05, 0) is 0 Å². The summed E-state index contributed by atoms with van der Waals surface area (Å²) in [6.07, 6.45) is 0. The summed E-state index contributed by atoms with van der Waals surface area (Å²) in [4.78, 5) is 28.0. The average Bonchev–Trinajstić information content (AvgIpc) is 2.84. The standard InChI is InChI=1S/C20H32N8O2S2/c1-25(3-9-29)19-21-15-16(17(23-19)27-5-11-31-12-6-27)22-20(26(2)4-10-30)24-18(15)28-7-13-32-14-8-28/h29-30H,3-14H2,1-2H3. The molecule has 4 heterocycles. The van der Waals surface area contributed by atoms with Crippen molar-refractivity contribution in [2.75, 3.05) is 109 Å². The fourth-order valence-corrected chi connectivity index (χ4v) is 5.60. The molecule has 0 saturated carbocycles. The van der Waals surface area contributed by atoms with E-state index in [1.54, 1.807) is 0 Å². The van der Waals surface area contributed by atoms with Crippen LogP contribution in [0.4, 0.5) is 23.5 Å². The van der Waals surface area contributed by atoms with Gasteiger partial charge in [0.15, 0.2) is 11.6 Å². The maximum atomic E-state index is 9.46. The number of aliphatic hydroxyl groups is 2. The number of hydrogen-bond donors (Lipinski definition) is 2. The monoisotopic (exact) mass is 480 g/mol. The Labute approximate surface area is 197 Å². The second-order valence-corrected chi connectivity index (χ2v) is 10.3. The molecule has 0 aliphatic carbocycles. The van der Waals surface area contributed by atoms with Gasteiger partial charge in [0.25, 0.3) is 0 Å². The molecule has 12 heteroatoms. The van der Waals surface area contributed by atoms with Crippen molar-refractivity contribution >= 4 is 58.1 Å². The molecule has 0 atom stereocenters. The molecule has 2 aromatic rings. The Hall–Kier alpha value is -1.76. The number of likely N-dealkylation sites (N-methyl/N-ethyl adjacent to an activating group) is 2. The second kappa shape index (κ2) is 10.9. The van der Waals surface area contributed by atoms with E-state index in [4.69, 9.17) is 19.9 Å². The van der Waals surface area contributed by atoms with Gasteiger partial charge in [-0.25, -0.2) is 9.97 Å². The number of rotatable bonds is 8. The zero-order valence-electron chi connectivity index (χ0n) is 18.8. The van der Waals surface area contributed by atoms with Crippen molar-refractivity contribution in [1.82, 2.24) is 19.9 Å². The van der Waals surface area contributed by atoms with Crippen molar-refractivity contribution < 1.29 is 10.2 Å². The highest BCUT2D eigenvalue weighted by molar-refractivity contribution is 7.99. The molecular formula is C20H32N8O2S2. The van der Waals surface area contributed by atoms with E-state index in [0.29, 0.717) is 25.0 Å². The van der Waals surface area contributed by atoms with Crippen molar-refractivity contribution in [3.8, 4) is 0 Å². The molecule has 0 aromatic carbocycles. The fourth-order valence-electron chi connectivity index (χ4n) is 3.80. The Balaban J connectivity index is 1.92. The van der Waals surface area contributed by atoms with Crippen LogP contribution in [0.2, 0.25) is 0 Å². The fraction of sp³-hybridized carbons (Fsp3) is 0.700. The Kier molecular flexibility index (Phi) is 7.98. The van der Waals surface area contributed by atoms with Gasteiger partial charge in [0.2, 0.25) is 11.9 Å². The molecule has 0 unspecified atom stereocenters. The Bertz CT molecular complexity index is 836. The lowest BCUT2D eigenvalue weighted by Gasteiger charge is -2.32. The van der Waals surface area contributed by atoms with Crippen molar-refractivity contribution in [3.63, 3.8) is 0 Å². The molecule has 4 rings (SSSR count). The molecule has 2 aromatic heterocycles. The van der Waals surface area contributed by atoms with Gasteiger partial charge in [-0.1, -0.05) is 0 Å². The molecule has 0 radical (unpaired) electrons. The molecule has 10 nitrogen and oxygen atoms in total. The summed E-state index contributed by atoms with van der Waals surface area (Å²) in [6, 6.07) is 0. The third-order valence-electron chi connectivity index (χ3n) is 5.66. The molecule has 2 N–H and O–H groups in total. The Morgan fingerprint density at radius 2 is 1.06 bits per heavy atom.